The van der Waals surface area contributed by atoms with E-state index in [9.17, 15) is 14.8 Å². The number of amides is 1. The molecule has 1 aromatic carbocycles. The summed E-state index contributed by atoms with van der Waals surface area (Å²) in [6.07, 6.45) is 1.35. The second-order valence-electron chi connectivity index (χ2n) is 6.37. The summed E-state index contributed by atoms with van der Waals surface area (Å²) in [6, 6.07) is 10.7. The van der Waals surface area contributed by atoms with Crippen molar-refractivity contribution in [2.45, 2.75) is 26.9 Å². The van der Waals surface area contributed by atoms with Crippen LogP contribution in [0.5, 0.6) is 11.5 Å². The number of pyridine rings is 1. The Morgan fingerprint density at radius 2 is 1.87 bits per heavy atom. The van der Waals surface area contributed by atoms with Crippen LogP contribution in [0.3, 0.4) is 0 Å². The minimum atomic E-state index is -0.619. The number of carbonyl (C=O) groups excluding carboxylic acids is 2. The fourth-order valence-corrected chi connectivity index (χ4v) is 2.46. The maximum Gasteiger partial charge on any atom is 0.309 e. The second kappa shape index (κ2) is 11.4. The summed E-state index contributed by atoms with van der Waals surface area (Å²) in [6.45, 7) is 3.86. The Kier molecular flexibility index (Phi) is 8.61. The molecule has 9 heteroatoms. The molecule has 1 atom stereocenters. The predicted molar refractivity (Wildman–Crippen MR) is 108 cm³/mol. The van der Waals surface area contributed by atoms with Crippen LogP contribution in [0.15, 0.2) is 47.8 Å². The molecule has 1 aromatic heterocycles. The maximum atomic E-state index is 12.1. The fraction of sp³-hybridized carbons (Fsp3) is 0.333. The number of carbonyl (C=O) groups is 2. The number of benzene rings is 1. The SMILES string of the molecule is CCOC(=O)C(C)CC(=O)N/C(=N/O)c1ccc(OCc2ccc(OC)cc2)cn1. The van der Waals surface area contributed by atoms with Crippen LogP contribution < -0.4 is 14.8 Å². The van der Waals surface area contributed by atoms with Gasteiger partial charge in [-0.1, -0.05) is 24.2 Å². The van der Waals surface area contributed by atoms with E-state index >= 15 is 0 Å². The lowest BCUT2D eigenvalue weighted by atomic mass is 10.1. The van der Waals surface area contributed by atoms with Crippen LogP contribution in [-0.4, -0.2) is 41.6 Å². The van der Waals surface area contributed by atoms with Gasteiger partial charge in [0.15, 0.2) is 5.84 Å². The van der Waals surface area contributed by atoms with Gasteiger partial charge in [0, 0.05) is 6.42 Å². The summed E-state index contributed by atoms with van der Waals surface area (Å²) < 4.78 is 15.7. The minimum Gasteiger partial charge on any atom is -0.497 e. The maximum absolute atomic E-state index is 12.1. The summed E-state index contributed by atoms with van der Waals surface area (Å²) >= 11 is 0. The van der Waals surface area contributed by atoms with E-state index in [-0.39, 0.29) is 24.6 Å². The van der Waals surface area contributed by atoms with Gasteiger partial charge in [-0.25, -0.2) is 4.98 Å². The molecule has 1 heterocycles. The van der Waals surface area contributed by atoms with Crippen molar-refractivity contribution in [1.29, 1.82) is 0 Å². The summed E-state index contributed by atoms with van der Waals surface area (Å²) in [7, 11) is 1.60. The smallest absolute Gasteiger partial charge is 0.309 e. The van der Waals surface area contributed by atoms with E-state index in [2.05, 4.69) is 15.5 Å². The number of aromatic nitrogens is 1. The first kappa shape index (κ1) is 22.7. The van der Waals surface area contributed by atoms with E-state index in [0.717, 1.165) is 11.3 Å². The molecule has 2 N–H and O–H groups in total. The number of amidine groups is 1. The molecule has 1 amide bonds. The van der Waals surface area contributed by atoms with E-state index in [1.165, 1.54) is 6.20 Å². The Hall–Kier alpha value is -3.62. The average molecular weight is 415 g/mol. The third-order valence-electron chi connectivity index (χ3n) is 4.08. The van der Waals surface area contributed by atoms with E-state index < -0.39 is 17.8 Å². The van der Waals surface area contributed by atoms with Crippen LogP contribution in [0.1, 0.15) is 31.5 Å². The van der Waals surface area contributed by atoms with Crippen molar-refractivity contribution in [2.75, 3.05) is 13.7 Å². The van der Waals surface area contributed by atoms with Gasteiger partial charge in [0.05, 0.1) is 25.8 Å². The second-order valence-corrected chi connectivity index (χ2v) is 6.37. The molecule has 0 spiro atoms. The molecule has 2 aromatic rings. The van der Waals surface area contributed by atoms with E-state index in [1.807, 2.05) is 24.3 Å². The normalized spacial score (nSPS) is 12.0. The fourth-order valence-electron chi connectivity index (χ4n) is 2.46. The van der Waals surface area contributed by atoms with Crippen molar-refractivity contribution in [3.8, 4) is 11.5 Å². The van der Waals surface area contributed by atoms with Crippen LogP contribution >= 0.6 is 0 Å². The molecule has 9 nitrogen and oxygen atoms in total. The molecule has 2 rings (SSSR count). The summed E-state index contributed by atoms with van der Waals surface area (Å²) in [5, 5.41) is 14.7. The van der Waals surface area contributed by atoms with Crippen molar-refractivity contribution in [1.82, 2.24) is 10.3 Å². The molecule has 0 aliphatic heterocycles. The van der Waals surface area contributed by atoms with Crippen LogP contribution in [0.25, 0.3) is 0 Å². The summed E-state index contributed by atoms with van der Waals surface area (Å²) in [4.78, 5) is 27.9. The topological polar surface area (TPSA) is 119 Å². The van der Waals surface area contributed by atoms with E-state index in [1.54, 1.807) is 33.1 Å². The number of ether oxygens (including phenoxy) is 3. The molecule has 0 saturated carbocycles. The number of oxime groups is 1. The number of methoxy groups -OCH3 is 1. The first-order valence-electron chi connectivity index (χ1n) is 9.37. The van der Waals surface area contributed by atoms with Crippen LogP contribution in [0.2, 0.25) is 0 Å². The predicted octanol–water partition coefficient (Wildman–Crippen LogP) is 2.51. The van der Waals surface area contributed by atoms with Gasteiger partial charge < -0.3 is 24.7 Å². The largest absolute Gasteiger partial charge is 0.497 e. The standard InChI is InChI=1S/C21H25N3O6/c1-4-29-21(26)14(2)11-19(25)23-20(24-27)18-10-9-17(12-22-18)30-13-15-5-7-16(28-3)8-6-15/h5-10,12,14,27H,4,11,13H2,1-3H3,(H,23,24,25). The quantitative estimate of drug-likeness (QED) is 0.212. The molecule has 160 valence electrons. The van der Waals surface area contributed by atoms with Gasteiger partial charge in [-0.2, -0.15) is 0 Å². The molecule has 0 aliphatic rings. The Balaban J connectivity index is 1.91. The van der Waals surface area contributed by atoms with Gasteiger partial charge >= 0.3 is 5.97 Å². The van der Waals surface area contributed by atoms with Gasteiger partial charge in [0.2, 0.25) is 5.91 Å². The zero-order chi connectivity index (χ0) is 21.9. The number of nitrogens with one attached hydrogen (secondary N) is 1. The van der Waals surface area contributed by atoms with Crippen molar-refractivity contribution in [2.24, 2.45) is 11.1 Å². The zero-order valence-corrected chi connectivity index (χ0v) is 17.1. The molecular formula is C21H25N3O6. The molecule has 0 fully saturated rings. The third kappa shape index (κ3) is 6.77. The first-order chi connectivity index (χ1) is 14.5. The molecular weight excluding hydrogens is 390 g/mol. The van der Waals surface area contributed by atoms with Crippen molar-refractivity contribution in [3.63, 3.8) is 0 Å². The molecule has 30 heavy (non-hydrogen) atoms. The van der Waals surface area contributed by atoms with E-state index in [4.69, 9.17) is 14.2 Å². The highest BCUT2D eigenvalue weighted by Crippen LogP contribution is 2.15. The van der Waals surface area contributed by atoms with Crippen LogP contribution in [-0.2, 0) is 20.9 Å². The first-order valence-corrected chi connectivity index (χ1v) is 9.37. The lowest BCUT2D eigenvalue weighted by Gasteiger charge is -2.11. The number of esters is 1. The van der Waals surface area contributed by atoms with Crippen molar-refractivity contribution in [3.05, 3.63) is 53.9 Å². The summed E-state index contributed by atoms with van der Waals surface area (Å²) in [5.41, 5.74) is 1.20. The zero-order valence-electron chi connectivity index (χ0n) is 17.1. The minimum absolute atomic E-state index is 0.110. The van der Waals surface area contributed by atoms with E-state index in [0.29, 0.717) is 12.4 Å². The number of rotatable bonds is 9. The molecule has 0 bridgehead atoms. The highest BCUT2D eigenvalue weighted by Gasteiger charge is 2.20. The summed E-state index contributed by atoms with van der Waals surface area (Å²) in [5.74, 6) is -0.436. The molecule has 1 unspecified atom stereocenters. The molecule has 0 aliphatic carbocycles. The lowest BCUT2D eigenvalue weighted by molar-refractivity contribution is -0.149. The van der Waals surface area contributed by atoms with Crippen LogP contribution in [0.4, 0.5) is 0 Å². The van der Waals surface area contributed by atoms with Gasteiger partial charge in [0.25, 0.3) is 0 Å². The Morgan fingerprint density at radius 3 is 2.43 bits per heavy atom. The van der Waals surface area contributed by atoms with Gasteiger partial charge in [-0.05, 0) is 36.8 Å². The van der Waals surface area contributed by atoms with Gasteiger partial charge in [-0.15, -0.1) is 0 Å². The molecule has 0 saturated heterocycles. The molecule has 0 radical (unpaired) electrons. The Morgan fingerprint density at radius 1 is 1.17 bits per heavy atom. The Labute approximate surface area is 174 Å². The number of hydrogen-bond acceptors (Lipinski definition) is 8. The average Bonchev–Trinajstić information content (AvgIpc) is 2.77. The third-order valence-corrected chi connectivity index (χ3v) is 4.08. The monoisotopic (exact) mass is 415 g/mol. The highest BCUT2D eigenvalue weighted by atomic mass is 16.5. The van der Waals surface area contributed by atoms with Crippen molar-refractivity contribution >= 4 is 17.7 Å². The van der Waals surface area contributed by atoms with Crippen LogP contribution in [0, 0.1) is 5.92 Å². The Bertz CT molecular complexity index is 865. The number of hydrogen-bond donors (Lipinski definition) is 2. The van der Waals surface area contributed by atoms with Crippen molar-refractivity contribution < 1.29 is 29.0 Å². The number of nitrogens with zero attached hydrogens (tertiary/aromatic N) is 2. The highest BCUT2D eigenvalue weighted by molar-refractivity contribution is 6.07. The van der Waals surface area contributed by atoms with Gasteiger partial charge in [0.1, 0.15) is 23.8 Å². The van der Waals surface area contributed by atoms with Gasteiger partial charge in [-0.3, -0.25) is 9.59 Å². The lowest BCUT2D eigenvalue weighted by Crippen LogP contribution is -2.34.